The maximum absolute atomic E-state index is 10.5. The van der Waals surface area contributed by atoms with Crippen LogP contribution in [0.5, 0.6) is 0 Å². The Balaban J connectivity index is 2.40. The second kappa shape index (κ2) is 3.53. The number of rotatable bonds is 2. The molecule has 0 spiro atoms. The molecule has 0 radical (unpaired) electrons. The van der Waals surface area contributed by atoms with Crippen LogP contribution in [0.15, 0.2) is 30.5 Å². The van der Waals surface area contributed by atoms with Crippen LogP contribution in [-0.4, -0.2) is 15.1 Å². The molecule has 1 N–H and O–H groups in total. The summed E-state index contributed by atoms with van der Waals surface area (Å²) in [6.07, 6.45) is 1.72. The number of benzene rings is 1. The topological polar surface area (TPSA) is 71.8 Å². The van der Waals surface area contributed by atoms with E-state index in [1.165, 1.54) is 12.1 Å². The summed E-state index contributed by atoms with van der Waals surface area (Å²) in [5, 5.41) is 17.2. The zero-order chi connectivity index (χ0) is 10.8. The van der Waals surface area contributed by atoms with Crippen LogP contribution in [0.1, 0.15) is 5.56 Å². The number of non-ortho nitro benzene ring substituents is 1. The lowest BCUT2D eigenvalue weighted by atomic mass is 10.1. The minimum atomic E-state index is -0.413. The standard InChI is InChI=1S/C10H9N3O2/c1-7-6-11-12-10(7)8-2-4-9(5-3-8)13(14)15/h2-6H,1H3,(H,11,12). The number of aryl methyl sites for hydroxylation is 1. The predicted octanol–water partition coefficient (Wildman–Crippen LogP) is 2.29. The van der Waals surface area contributed by atoms with Gasteiger partial charge in [-0.1, -0.05) is 0 Å². The summed E-state index contributed by atoms with van der Waals surface area (Å²) in [5.74, 6) is 0. The van der Waals surface area contributed by atoms with E-state index in [-0.39, 0.29) is 5.69 Å². The molecule has 0 aliphatic heterocycles. The molecule has 0 aliphatic carbocycles. The van der Waals surface area contributed by atoms with E-state index in [2.05, 4.69) is 10.2 Å². The highest BCUT2D eigenvalue weighted by Crippen LogP contribution is 2.22. The van der Waals surface area contributed by atoms with Crippen molar-refractivity contribution in [1.29, 1.82) is 0 Å². The van der Waals surface area contributed by atoms with Gasteiger partial charge in [0, 0.05) is 17.7 Å². The van der Waals surface area contributed by atoms with Gasteiger partial charge in [-0.2, -0.15) is 5.10 Å². The molecule has 2 aromatic rings. The summed E-state index contributed by atoms with van der Waals surface area (Å²) in [5.41, 5.74) is 2.90. The first-order valence-corrected chi connectivity index (χ1v) is 4.43. The van der Waals surface area contributed by atoms with Gasteiger partial charge in [0.05, 0.1) is 16.8 Å². The molecule has 0 saturated carbocycles. The van der Waals surface area contributed by atoms with Crippen LogP contribution in [0.25, 0.3) is 11.3 Å². The Morgan fingerprint density at radius 3 is 2.47 bits per heavy atom. The third kappa shape index (κ3) is 1.71. The van der Waals surface area contributed by atoms with Crippen molar-refractivity contribution in [3.05, 3.63) is 46.1 Å². The van der Waals surface area contributed by atoms with Crippen LogP contribution in [0.2, 0.25) is 0 Å². The minimum Gasteiger partial charge on any atom is -0.278 e. The van der Waals surface area contributed by atoms with E-state index in [1.807, 2.05) is 6.92 Å². The number of nitrogens with zero attached hydrogens (tertiary/aromatic N) is 2. The maximum Gasteiger partial charge on any atom is 0.269 e. The van der Waals surface area contributed by atoms with Crippen molar-refractivity contribution in [3.63, 3.8) is 0 Å². The zero-order valence-electron chi connectivity index (χ0n) is 8.10. The molecule has 5 nitrogen and oxygen atoms in total. The molecule has 1 aromatic heterocycles. The molecule has 0 fully saturated rings. The number of nitro groups is 1. The Hall–Kier alpha value is -2.17. The van der Waals surface area contributed by atoms with E-state index in [9.17, 15) is 10.1 Å². The lowest BCUT2D eigenvalue weighted by Crippen LogP contribution is -1.87. The highest BCUT2D eigenvalue weighted by atomic mass is 16.6. The third-order valence-electron chi connectivity index (χ3n) is 2.20. The van der Waals surface area contributed by atoms with Crippen molar-refractivity contribution in [3.8, 4) is 11.3 Å². The normalized spacial score (nSPS) is 10.2. The van der Waals surface area contributed by atoms with Crippen LogP contribution < -0.4 is 0 Å². The van der Waals surface area contributed by atoms with Gasteiger partial charge in [0.25, 0.3) is 5.69 Å². The van der Waals surface area contributed by atoms with Crippen LogP contribution in [0, 0.1) is 17.0 Å². The zero-order valence-corrected chi connectivity index (χ0v) is 8.10. The summed E-state index contributed by atoms with van der Waals surface area (Å²) >= 11 is 0. The molecule has 1 aromatic carbocycles. The monoisotopic (exact) mass is 203 g/mol. The van der Waals surface area contributed by atoms with Crippen LogP contribution in [0.3, 0.4) is 0 Å². The lowest BCUT2D eigenvalue weighted by Gasteiger charge is -1.98. The number of aromatic amines is 1. The largest absolute Gasteiger partial charge is 0.278 e. The number of nitro benzene ring substituents is 1. The fourth-order valence-corrected chi connectivity index (χ4v) is 1.39. The molecule has 2 rings (SSSR count). The first kappa shape index (κ1) is 9.39. The summed E-state index contributed by atoms with van der Waals surface area (Å²) < 4.78 is 0. The average molecular weight is 203 g/mol. The number of nitrogens with one attached hydrogen (secondary N) is 1. The van der Waals surface area contributed by atoms with Gasteiger partial charge in [0.2, 0.25) is 0 Å². The maximum atomic E-state index is 10.5. The highest BCUT2D eigenvalue weighted by molar-refractivity contribution is 5.63. The molecule has 0 aliphatic rings. The average Bonchev–Trinajstić information content (AvgIpc) is 2.65. The molecular weight excluding hydrogens is 194 g/mol. The van der Waals surface area contributed by atoms with Crippen molar-refractivity contribution in [2.75, 3.05) is 0 Å². The minimum absolute atomic E-state index is 0.0934. The van der Waals surface area contributed by atoms with Crippen molar-refractivity contribution in [2.45, 2.75) is 6.92 Å². The quantitative estimate of drug-likeness (QED) is 0.601. The molecule has 76 valence electrons. The first-order chi connectivity index (χ1) is 7.18. The highest BCUT2D eigenvalue weighted by Gasteiger charge is 2.07. The molecule has 0 amide bonds. The van der Waals surface area contributed by atoms with Gasteiger partial charge in [0.1, 0.15) is 0 Å². The van der Waals surface area contributed by atoms with Gasteiger partial charge in [-0.05, 0) is 24.6 Å². The summed E-state index contributed by atoms with van der Waals surface area (Å²) in [7, 11) is 0. The molecule has 0 atom stereocenters. The fourth-order valence-electron chi connectivity index (χ4n) is 1.39. The predicted molar refractivity (Wildman–Crippen MR) is 55.4 cm³/mol. The first-order valence-electron chi connectivity index (χ1n) is 4.43. The van der Waals surface area contributed by atoms with Gasteiger partial charge >= 0.3 is 0 Å². The van der Waals surface area contributed by atoms with E-state index in [4.69, 9.17) is 0 Å². The number of hydrogen-bond acceptors (Lipinski definition) is 3. The molecule has 1 heterocycles. The van der Waals surface area contributed by atoms with Gasteiger partial charge in [-0.15, -0.1) is 0 Å². The SMILES string of the molecule is Cc1cn[nH]c1-c1ccc([N+](=O)[O-])cc1. The number of H-pyrrole nitrogens is 1. The second-order valence-corrected chi connectivity index (χ2v) is 3.23. The van der Waals surface area contributed by atoms with Crippen molar-refractivity contribution >= 4 is 5.69 Å². The van der Waals surface area contributed by atoms with Gasteiger partial charge in [0.15, 0.2) is 0 Å². The van der Waals surface area contributed by atoms with E-state index in [0.29, 0.717) is 0 Å². The summed E-state index contributed by atoms with van der Waals surface area (Å²) in [6.45, 7) is 1.93. The van der Waals surface area contributed by atoms with Crippen LogP contribution in [0.4, 0.5) is 5.69 Å². The van der Waals surface area contributed by atoms with Crippen molar-refractivity contribution in [1.82, 2.24) is 10.2 Å². The third-order valence-corrected chi connectivity index (χ3v) is 2.20. The van der Waals surface area contributed by atoms with Gasteiger partial charge in [-0.3, -0.25) is 15.2 Å². The van der Waals surface area contributed by atoms with E-state index < -0.39 is 4.92 Å². The van der Waals surface area contributed by atoms with E-state index >= 15 is 0 Å². The second-order valence-electron chi connectivity index (χ2n) is 3.23. The number of aromatic nitrogens is 2. The van der Waals surface area contributed by atoms with Gasteiger partial charge < -0.3 is 0 Å². The Morgan fingerprint density at radius 2 is 2.00 bits per heavy atom. The molecule has 0 unspecified atom stereocenters. The van der Waals surface area contributed by atoms with E-state index in [0.717, 1.165) is 16.8 Å². The molecule has 0 bridgehead atoms. The van der Waals surface area contributed by atoms with Gasteiger partial charge in [-0.25, -0.2) is 0 Å². The number of hydrogen-bond donors (Lipinski definition) is 1. The van der Waals surface area contributed by atoms with Crippen LogP contribution in [-0.2, 0) is 0 Å². The smallest absolute Gasteiger partial charge is 0.269 e. The Morgan fingerprint density at radius 1 is 1.33 bits per heavy atom. The van der Waals surface area contributed by atoms with Crippen molar-refractivity contribution in [2.24, 2.45) is 0 Å². The molecule has 0 saturated heterocycles. The Kier molecular flexibility index (Phi) is 2.21. The summed E-state index contributed by atoms with van der Waals surface area (Å²) in [6, 6.07) is 6.38. The van der Waals surface area contributed by atoms with Crippen molar-refractivity contribution < 1.29 is 4.92 Å². The lowest BCUT2D eigenvalue weighted by molar-refractivity contribution is -0.384. The molecular formula is C10H9N3O2. The molecule has 5 heteroatoms. The summed E-state index contributed by atoms with van der Waals surface area (Å²) in [4.78, 5) is 10.0. The fraction of sp³-hybridized carbons (Fsp3) is 0.100. The Labute approximate surface area is 85.9 Å². The Bertz CT molecular complexity index is 488. The molecule has 15 heavy (non-hydrogen) atoms. The van der Waals surface area contributed by atoms with E-state index in [1.54, 1.807) is 18.3 Å². The van der Waals surface area contributed by atoms with Crippen LogP contribution >= 0.6 is 0 Å².